The van der Waals surface area contributed by atoms with Gasteiger partial charge in [0.1, 0.15) is 5.75 Å². The summed E-state index contributed by atoms with van der Waals surface area (Å²) in [7, 11) is 1.63. The summed E-state index contributed by atoms with van der Waals surface area (Å²) in [6.07, 6.45) is 3.45. The summed E-state index contributed by atoms with van der Waals surface area (Å²) in [5.41, 5.74) is 10.7. The van der Waals surface area contributed by atoms with Crippen molar-refractivity contribution in [1.82, 2.24) is 4.98 Å². The topological polar surface area (TPSA) is 48.1 Å². The maximum absolute atomic E-state index is 6.32. The first-order chi connectivity index (χ1) is 9.02. The number of aromatic nitrogens is 1. The molecule has 0 amide bonds. The van der Waals surface area contributed by atoms with Gasteiger partial charge < -0.3 is 10.5 Å². The van der Waals surface area contributed by atoms with E-state index in [1.807, 2.05) is 6.07 Å². The van der Waals surface area contributed by atoms with E-state index in [0.717, 1.165) is 21.3 Å². The van der Waals surface area contributed by atoms with Crippen LogP contribution >= 0.6 is 15.9 Å². The Hall–Kier alpha value is -1.39. The number of hydrogen-bond acceptors (Lipinski definition) is 3. The quantitative estimate of drug-likeness (QED) is 0.941. The van der Waals surface area contributed by atoms with Crippen LogP contribution in [0.2, 0.25) is 0 Å². The standard InChI is InChI=1S/C15H17BrN2O/c1-9-4-11(5-10(2)14(9)16)15(17)12-6-13(19-3)8-18-7-12/h4-8,15H,17H2,1-3H3. The summed E-state index contributed by atoms with van der Waals surface area (Å²) in [6.45, 7) is 4.13. The predicted octanol–water partition coefficient (Wildman–Crippen LogP) is 3.52. The van der Waals surface area contributed by atoms with Crippen molar-refractivity contribution in [3.8, 4) is 5.75 Å². The van der Waals surface area contributed by atoms with Crippen LogP contribution in [0.25, 0.3) is 0 Å². The van der Waals surface area contributed by atoms with Crippen LogP contribution in [-0.2, 0) is 0 Å². The van der Waals surface area contributed by atoms with E-state index < -0.39 is 0 Å². The molecule has 1 unspecified atom stereocenters. The zero-order valence-electron chi connectivity index (χ0n) is 11.3. The second-order valence-corrected chi connectivity index (χ2v) is 5.40. The van der Waals surface area contributed by atoms with E-state index >= 15 is 0 Å². The molecular weight excluding hydrogens is 304 g/mol. The summed E-state index contributed by atoms with van der Waals surface area (Å²) in [4.78, 5) is 4.15. The molecule has 1 heterocycles. The number of rotatable bonds is 3. The molecule has 0 fully saturated rings. The van der Waals surface area contributed by atoms with E-state index in [1.54, 1.807) is 19.5 Å². The molecule has 0 saturated carbocycles. The van der Waals surface area contributed by atoms with Gasteiger partial charge in [0, 0.05) is 10.7 Å². The zero-order valence-corrected chi connectivity index (χ0v) is 12.9. The lowest BCUT2D eigenvalue weighted by Gasteiger charge is -2.15. The van der Waals surface area contributed by atoms with E-state index in [4.69, 9.17) is 10.5 Å². The van der Waals surface area contributed by atoms with Crippen molar-refractivity contribution >= 4 is 15.9 Å². The number of benzene rings is 1. The first-order valence-electron chi connectivity index (χ1n) is 6.04. The average molecular weight is 321 g/mol. The van der Waals surface area contributed by atoms with Gasteiger partial charge >= 0.3 is 0 Å². The normalized spacial score (nSPS) is 12.3. The van der Waals surface area contributed by atoms with Gasteiger partial charge in [-0.2, -0.15) is 0 Å². The summed E-state index contributed by atoms with van der Waals surface area (Å²) in [6, 6.07) is 5.92. The van der Waals surface area contributed by atoms with Crippen molar-refractivity contribution in [2.45, 2.75) is 19.9 Å². The number of nitrogens with zero attached hydrogens (tertiary/aromatic N) is 1. The second-order valence-electron chi connectivity index (χ2n) is 4.60. The third kappa shape index (κ3) is 2.96. The molecule has 0 spiro atoms. The van der Waals surface area contributed by atoms with Crippen molar-refractivity contribution in [2.24, 2.45) is 5.73 Å². The number of hydrogen-bond donors (Lipinski definition) is 1. The van der Waals surface area contributed by atoms with Crippen LogP contribution in [0.3, 0.4) is 0 Å². The molecule has 1 atom stereocenters. The van der Waals surface area contributed by atoms with E-state index in [-0.39, 0.29) is 6.04 Å². The lowest BCUT2D eigenvalue weighted by Crippen LogP contribution is -2.13. The minimum atomic E-state index is -0.201. The summed E-state index contributed by atoms with van der Waals surface area (Å²) < 4.78 is 6.31. The fraction of sp³-hybridized carbons (Fsp3) is 0.267. The van der Waals surface area contributed by atoms with Crippen LogP contribution in [0.15, 0.2) is 35.1 Å². The van der Waals surface area contributed by atoms with Crippen LogP contribution in [0.1, 0.15) is 28.3 Å². The molecule has 0 aliphatic rings. The summed E-state index contributed by atoms with van der Waals surface area (Å²) in [5.74, 6) is 0.721. The number of nitrogens with two attached hydrogens (primary N) is 1. The van der Waals surface area contributed by atoms with Gasteiger partial charge in [-0.05, 0) is 42.2 Å². The fourth-order valence-electron chi connectivity index (χ4n) is 2.07. The number of pyridine rings is 1. The molecule has 19 heavy (non-hydrogen) atoms. The fourth-order valence-corrected chi connectivity index (χ4v) is 2.30. The van der Waals surface area contributed by atoms with Crippen LogP contribution in [0.5, 0.6) is 5.75 Å². The van der Waals surface area contributed by atoms with Gasteiger partial charge in [0.25, 0.3) is 0 Å². The highest BCUT2D eigenvalue weighted by Crippen LogP contribution is 2.28. The minimum Gasteiger partial charge on any atom is -0.495 e. The van der Waals surface area contributed by atoms with Crippen LogP contribution < -0.4 is 10.5 Å². The van der Waals surface area contributed by atoms with Crippen molar-refractivity contribution < 1.29 is 4.74 Å². The molecule has 100 valence electrons. The van der Waals surface area contributed by atoms with E-state index in [0.29, 0.717) is 0 Å². The highest BCUT2D eigenvalue weighted by atomic mass is 79.9. The third-order valence-corrected chi connectivity index (χ3v) is 4.40. The number of methoxy groups -OCH3 is 1. The molecule has 2 rings (SSSR count). The molecule has 0 aliphatic heterocycles. The first kappa shape index (κ1) is 14.0. The second kappa shape index (κ2) is 5.72. The molecule has 1 aromatic heterocycles. The maximum Gasteiger partial charge on any atom is 0.137 e. The van der Waals surface area contributed by atoms with Crippen LogP contribution in [0, 0.1) is 13.8 Å². The monoisotopic (exact) mass is 320 g/mol. The van der Waals surface area contributed by atoms with Crippen molar-refractivity contribution in [3.63, 3.8) is 0 Å². The molecule has 0 radical (unpaired) electrons. The van der Waals surface area contributed by atoms with Crippen molar-refractivity contribution in [2.75, 3.05) is 7.11 Å². The molecule has 0 bridgehead atoms. The van der Waals surface area contributed by atoms with Gasteiger partial charge in [0.15, 0.2) is 0 Å². The first-order valence-corrected chi connectivity index (χ1v) is 6.83. The van der Waals surface area contributed by atoms with Gasteiger partial charge in [-0.15, -0.1) is 0 Å². The van der Waals surface area contributed by atoms with E-state index in [2.05, 4.69) is 46.9 Å². The Morgan fingerprint density at radius 3 is 2.32 bits per heavy atom. The lowest BCUT2D eigenvalue weighted by atomic mass is 9.97. The average Bonchev–Trinajstić information content (AvgIpc) is 2.43. The van der Waals surface area contributed by atoms with Gasteiger partial charge in [-0.1, -0.05) is 28.1 Å². The van der Waals surface area contributed by atoms with Crippen molar-refractivity contribution in [3.05, 3.63) is 57.3 Å². The molecule has 2 aromatic rings. The Morgan fingerprint density at radius 2 is 1.74 bits per heavy atom. The van der Waals surface area contributed by atoms with Crippen LogP contribution in [0.4, 0.5) is 0 Å². The third-order valence-electron chi connectivity index (χ3n) is 3.15. The lowest BCUT2D eigenvalue weighted by molar-refractivity contribution is 0.412. The Bertz CT molecular complexity index is 575. The minimum absolute atomic E-state index is 0.201. The summed E-state index contributed by atoms with van der Waals surface area (Å²) >= 11 is 3.57. The predicted molar refractivity (Wildman–Crippen MR) is 80.4 cm³/mol. The largest absolute Gasteiger partial charge is 0.495 e. The number of ether oxygens (including phenoxy) is 1. The Kier molecular flexibility index (Phi) is 4.22. The molecule has 0 saturated heterocycles. The smallest absolute Gasteiger partial charge is 0.137 e. The van der Waals surface area contributed by atoms with E-state index in [1.165, 1.54) is 11.1 Å². The zero-order chi connectivity index (χ0) is 14.0. The number of halogens is 1. The summed E-state index contributed by atoms with van der Waals surface area (Å²) in [5, 5.41) is 0. The van der Waals surface area contributed by atoms with Crippen molar-refractivity contribution in [1.29, 1.82) is 0 Å². The molecule has 4 heteroatoms. The van der Waals surface area contributed by atoms with Gasteiger partial charge in [0.2, 0.25) is 0 Å². The Labute approximate surface area is 121 Å². The van der Waals surface area contributed by atoms with Gasteiger partial charge in [-0.3, -0.25) is 4.98 Å². The molecule has 1 aromatic carbocycles. The number of aryl methyl sites for hydroxylation is 2. The Balaban J connectivity index is 2.40. The highest BCUT2D eigenvalue weighted by Gasteiger charge is 2.12. The van der Waals surface area contributed by atoms with Gasteiger partial charge in [-0.25, -0.2) is 0 Å². The maximum atomic E-state index is 6.32. The molecular formula is C15H17BrN2O. The molecule has 0 aliphatic carbocycles. The van der Waals surface area contributed by atoms with Gasteiger partial charge in [0.05, 0.1) is 19.3 Å². The van der Waals surface area contributed by atoms with Crippen LogP contribution in [-0.4, -0.2) is 12.1 Å². The van der Waals surface area contributed by atoms with E-state index in [9.17, 15) is 0 Å². The molecule has 3 nitrogen and oxygen atoms in total. The highest BCUT2D eigenvalue weighted by molar-refractivity contribution is 9.10. The molecule has 2 N–H and O–H groups in total. The Morgan fingerprint density at radius 1 is 1.11 bits per heavy atom. The SMILES string of the molecule is COc1cncc(C(N)c2cc(C)c(Br)c(C)c2)c1.